The maximum atomic E-state index is 11.7. The van der Waals surface area contributed by atoms with E-state index in [1.54, 1.807) is 0 Å². The number of H-pyrrole nitrogens is 1. The van der Waals surface area contributed by atoms with Gasteiger partial charge in [-0.3, -0.25) is 9.69 Å². The van der Waals surface area contributed by atoms with Crippen LogP contribution >= 0.6 is 0 Å². The predicted molar refractivity (Wildman–Crippen MR) is 92.9 cm³/mol. The van der Waals surface area contributed by atoms with E-state index < -0.39 is 5.97 Å². The zero-order valence-corrected chi connectivity index (χ0v) is 13.9. The molecule has 2 fully saturated rings. The molecule has 3 aliphatic rings. The molecule has 1 aromatic heterocycles. The summed E-state index contributed by atoms with van der Waals surface area (Å²) in [7, 11) is 0. The van der Waals surface area contributed by atoms with Gasteiger partial charge in [0.1, 0.15) is 0 Å². The van der Waals surface area contributed by atoms with Crippen molar-refractivity contribution in [2.45, 2.75) is 38.1 Å². The number of hydrogen-bond acceptors (Lipinski definition) is 2. The molecular formula is C20H24N2O2. The van der Waals surface area contributed by atoms with Gasteiger partial charge in [0.15, 0.2) is 0 Å². The van der Waals surface area contributed by atoms with E-state index in [4.69, 9.17) is 0 Å². The molecule has 3 heterocycles. The third-order valence-corrected chi connectivity index (χ3v) is 6.77. The van der Waals surface area contributed by atoms with Crippen LogP contribution in [0, 0.1) is 17.8 Å². The highest BCUT2D eigenvalue weighted by Crippen LogP contribution is 2.48. The van der Waals surface area contributed by atoms with E-state index in [1.165, 1.54) is 28.6 Å². The summed E-state index contributed by atoms with van der Waals surface area (Å²) in [5, 5.41) is 11.0. The fourth-order valence-corrected chi connectivity index (χ4v) is 5.64. The van der Waals surface area contributed by atoms with Gasteiger partial charge in [-0.15, -0.1) is 0 Å². The second kappa shape index (κ2) is 5.35. The van der Waals surface area contributed by atoms with Crippen LogP contribution in [-0.4, -0.2) is 34.0 Å². The topological polar surface area (TPSA) is 56.3 Å². The SMILES string of the molecule is O=C(O)C1CCCC2CC3c4[nH]c5ccccc5c4CCN3CC21. The molecule has 0 spiro atoms. The average Bonchev–Trinajstić information content (AvgIpc) is 2.98. The van der Waals surface area contributed by atoms with E-state index in [2.05, 4.69) is 34.1 Å². The minimum Gasteiger partial charge on any atom is -0.481 e. The van der Waals surface area contributed by atoms with Crippen molar-refractivity contribution < 1.29 is 9.90 Å². The molecule has 126 valence electrons. The molecule has 1 aliphatic carbocycles. The van der Waals surface area contributed by atoms with Crippen LogP contribution in [-0.2, 0) is 11.2 Å². The molecule has 0 bridgehead atoms. The molecule has 0 radical (unpaired) electrons. The molecule has 1 saturated heterocycles. The molecule has 5 rings (SSSR count). The molecule has 0 amide bonds. The lowest BCUT2D eigenvalue weighted by Crippen LogP contribution is -2.50. The first kappa shape index (κ1) is 14.5. The number of carboxylic acids is 1. The molecule has 1 saturated carbocycles. The van der Waals surface area contributed by atoms with Gasteiger partial charge in [-0.05, 0) is 42.7 Å². The zero-order chi connectivity index (χ0) is 16.3. The third-order valence-electron chi connectivity index (χ3n) is 6.77. The Balaban J connectivity index is 1.51. The van der Waals surface area contributed by atoms with E-state index in [0.717, 1.165) is 38.8 Å². The maximum absolute atomic E-state index is 11.7. The average molecular weight is 324 g/mol. The summed E-state index contributed by atoms with van der Waals surface area (Å²) in [5.41, 5.74) is 4.15. The fraction of sp³-hybridized carbons (Fsp3) is 0.550. The standard InChI is InChI=1S/C20H24N2O2/c23-20(24)15-6-3-4-12-10-18-19-14(8-9-22(18)11-16(12)15)13-5-1-2-7-17(13)21-19/h1-2,5,7,12,15-16,18,21H,3-4,6,8-11H2,(H,23,24). The summed E-state index contributed by atoms with van der Waals surface area (Å²) in [6, 6.07) is 9.07. The Morgan fingerprint density at radius 2 is 2.12 bits per heavy atom. The van der Waals surface area contributed by atoms with Crippen molar-refractivity contribution in [3.63, 3.8) is 0 Å². The van der Waals surface area contributed by atoms with Crippen LogP contribution in [0.25, 0.3) is 10.9 Å². The van der Waals surface area contributed by atoms with Gasteiger partial charge in [-0.1, -0.05) is 31.0 Å². The van der Waals surface area contributed by atoms with E-state index in [-0.39, 0.29) is 5.92 Å². The van der Waals surface area contributed by atoms with Crippen LogP contribution in [0.1, 0.15) is 43.0 Å². The van der Waals surface area contributed by atoms with Gasteiger partial charge < -0.3 is 10.1 Å². The summed E-state index contributed by atoms with van der Waals surface area (Å²) in [6.07, 6.45) is 5.34. The van der Waals surface area contributed by atoms with Gasteiger partial charge in [-0.25, -0.2) is 0 Å². The smallest absolute Gasteiger partial charge is 0.306 e. The molecule has 4 unspecified atom stereocenters. The maximum Gasteiger partial charge on any atom is 0.306 e. The zero-order valence-electron chi connectivity index (χ0n) is 13.9. The van der Waals surface area contributed by atoms with Crippen LogP contribution in [0.5, 0.6) is 0 Å². The third kappa shape index (κ3) is 2.05. The van der Waals surface area contributed by atoms with Gasteiger partial charge in [0.05, 0.1) is 12.0 Å². The van der Waals surface area contributed by atoms with E-state index in [0.29, 0.717) is 17.9 Å². The number of aliphatic carboxylic acids is 1. The number of carbonyl (C=O) groups is 1. The Morgan fingerprint density at radius 1 is 1.25 bits per heavy atom. The van der Waals surface area contributed by atoms with Crippen molar-refractivity contribution >= 4 is 16.9 Å². The molecule has 2 aromatic rings. The summed E-state index contributed by atoms with van der Waals surface area (Å²) in [6.45, 7) is 2.02. The largest absolute Gasteiger partial charge is 0.481 e. The van der Waals surface area contributed by atoms with Gasteiger partial charge in [-0.2, -0.15) is 0 Å². The monoisotopic (exact) mass is 324 g/mol. The van der Waals surface area contributed by atoms with Gasteiger partial charge in [0.25, 0.3) is 0 Å². The Bertz CT molecular complexity index is 796. The number of nitrogens with zero attached hydrogens (tertiary/aromatic N) is 1. The Morgan fingerprint density at radius 3 is 3.00 bits per heavy atom. The molecule has 4 atom stereocenters. The number of para-hydroxylation sites is 1. The van der Waals surface area contributed by atoms with Crippen molar-refractivity contribution in [2.24, 2.45) is 17.8 Å². The quantitative estimate of drug-likeness (QED) is 0.843. The molecule has 4 heteroatoms. The lowest BCUT2D eigenvalue weighted by atomic mass is 9.66. The number of rotatable bonds is 1. The van der Waals surface area contributed by atoms with Crippen LogP contribution in [0.3, 0.4) is 0 Å². The van der Waals surface area contributed by atoms with Crippen LogP contribution in [0.4, 0.5) is 0 Å². The van der Waals surface area contributed by atoms with Gasteiger partial charge in [0, 0.05) is 29.7 Å². The van der Waals surface area contributed by atoms with Crippen molar-refractivity contribution in [1.82, 2.24) is 9.88 Å². The van der Waals surface area contributed by atoms with Crippen LogP contribution in [0.2, 0.25) is 0 Å². The number of hydrogen-bond donors (Lipinski definition) is 2. The Hall–Kier alpha value is -1.81. The van der Waals surface area contributed by atoms with Crippen LogP contribution < -0.4 is 0 Å². The number of aromatic amines is 1. The molecule has 24 heavy (non-hydrogen) atoms. The van der Waals surface area contributed by atoms with Crippen LogP contribution in [0.15, 0.2) is 24.3 Å². The van der Waals surface area contributed by atoms with Crippen molar-refractivity contribution in [1.29, 1.82) is 0 Å². The number of carboxylic acid groups (broad SMARTS) is 1. The second-order valence-electron chi connectivity index (χ2n) is 7.86. The van der Waals surface area contributed by atoms with Crippen molar-refractivity contribution in [2.75, 3.05) is 13.1 Å². The fourth-order valence-electron chi connectivity index (χ4n) is 5.64. The molecular weight excluding hydrogens is 300 g/mol. The Kier molecular flexibility index (Phi) is 3.24. The van der Waals surface area contributed by atoms with Gasteiger partial charge >= 0.3 is 5.97 Å². The number of nitrogens with one attached hydrogen (secondary N) is 1. The number of fused-ring (bicyclic) bond motifs is 6. The minimum atomic E-state index is -0.577. The number of aromatic nitrogens is 1. The molecule has 2 aliphatic heterocycles. The predicted octanol–water partition coefficient (Wildman–Crippen LogP) is 3.59. The van der Waals surface area contributed by atoms with Crippen molar-refractivity contribution in [3.05, 3.63) is 35.5 Å². The molecule has 2 N–H and O–H groups in total. The molecule has 4 nitrogen and oxygen atoms in total. The summed E-state index contributed by atoms with van der Waals surface area (Å²) in [4.78, 5) is 17.9. The minimum absolute atomic E-state index is 0.131. The van der Waals surface area contributed by atoms with Gasteiger partial charge in [0.2, 0.25) is 0 Å². The summed E-state index contributed by atoms with van der Waals surface area (Å²) < 4.78 is 0. The second-order valence-corrected chi connectivity index (χ2v) is 7.86. The highest BCUT2D eigenvalue weighted by atomic mass is 16.4. The van der Waals surface area contributed by atoms with E-state index in [1.807, 2.05) is 0 Å². The lowest BCUT2D eigenvalue weighted by molar-refractivity contribution is -0.148. The van der Waals surface area contributed by atoms with Crippen molar-refractivity contribution in [3.8, 4) is 0 Å². The first-order chi connectivity index (χ1) is 11.7. The Labute approximate surface area is 141 Å². The first-order valence-corrected chi connectivity index (χ1v) is 9.28. The normalized spacial score (nSPS) is 32.8. The van der Waals surface area contributed by atoms with E-state index >= 15 is 0 Å². The molecule has 1 aromatic carbocycles. The van der Waals surface area contributed by atoms with E-state index in [9.17, 15) is 9.90 Å². The first-order valence-electron chi connectivity index (χ1n) is 9.28. The highest BCUT2D eigenvalue weighted by molar-refractivity contribution is 5.85. The lowest BCUT2D eigenvalue weighted by Gasteiger charge is -2.49. The number of piperidine rings is 1. The highest BCUT2D eigenvalue weighted by Gasteiger charge is 2.45. The summed E-state index contributed by atoms with van der Waals surface area (Å²) >= 11 is 0. The number of benzene rings is 1. The summed E-state index contributed by atoms with van der Waals surface area (Å²) in [5.74, 6) is 0.206.